The van der Waals surface area contributed by atoms with Crippen molar-refractivity contribution in [1.29, 1.82) is 0 Å². The van der Waals surface area contributed by atoms with Gasteiger partial charge in [-0.25, -0.2) is 0 Å². The number of carbonyl (C=O) groups is 2. The molecule has 0 radical (unpaired) electrons. The second kappa shape index (κ2) is 77.0. The predicted octanol–water partition coefficient (Wildman–Crippen LogP) is 26.2. The molecule has 0 aliphatic rings. The van der Waals surface area contributed by atoms with E-state index in [4.69, 9.17) is 4.74 Å². The van der Waals surface area contributed by atoms with Crippen LogP contribution in [0, 0.1) is 0 Å². The van der Waals surface area contributed by atoms with Crippen molar-refractivity contribution in [2.75, 3.05) is 13.2 Å². The number of amides is 1. The first-order chi connectivity index (χ1) is 43.5. The molecule has 0 aromatic carbocycles. The van der Waals surface area contributed by atoms with E-state index >= 15 is 0 Å². The van der Waals surface area contributed by atoms with E-state index in [1.807, 2.05) is 6.08 Å². The summed E-state index contributed by atoms with van der Waals surface area (Å²) in [7, 11) is 0. The first-order valence-corrected chi connectivity index (χ1v) is 39.6. The van der Waals surface area contributed by atoms with Gasteiger partial charge in [-0.3, -0.25) is 9.59 Å². The molecule has 0 spiro atoms. The number of ether oxygens (including phenoxy) is 1. The summed E-state index contributed by atoms with van der Waals surface area (Å²) in [6, 6.07) is -0.626. The Morgan fingerprint density at radius 3 is 0.875 bits per heavy atom. The largest absolute Gasteiger partial charge is 0.466 e. The fraction of sp³-hybridized carbons (Fsp3) is 0.854. The van der Waals surface area contributed by atoms with Crippen molar-refractivity contribution in [2.45, 2.75) is 437 Å². The molecule has 0 saturated heterocycles. The third-order valence-corrected chi connectivity index (χ3v) is 18.3. The normalized spacial score (nSPS) is 12.8. The molecule has 0 aliphatic carbocycles. The van der Waals surface area contributed by atoms with Crippen LogP contribution in [-0.4, -0.2) is 47.4 Å². The zero-order valence-corrected chi connectivity index (χ0v) is 59.2. The highest BCUT2D eigenvalue weighted by Crippen LogP contribution is 2.19. The van der Waals surface area contributed by atoms with Crippen LogP contribution in [0.5, 0.6) is 0 Å². The van der Waals surface area contributed by atoms with Crippen LogP contribution in [0.4, 0.5) is 0 Å². The van der Waals surface area contributed by atoms with E-state index in [0.29, 0.717) is 19.4 Å². The Morgan fingerprint density at radius 1 is 0.318 bits per heavy atom. The number of unbranched alkanes of at least 4 members (excludes halogenated alkanes) is 55. The number of esters is 1. The lowest BCUT2D eigenvalue weighted by Crippen LogP contribution is -2.45. The number of carbonyl (C=O) groups excluding carboxylic acids is 2. The smallest absolute Gasteiger partial charge is 0.305 e. The van der Waals surface area contributed by atoms with E-state index in [-0.39, 0.29) is 18.5 Å². The number of rotatable bonds is 74. The quantitative estimate of drug-likeness (QED) is 0.0320. The van der Waals surface area contributed by atoms with Crippen LogP contribution in [0.15, 0.2) is 60.8 Å². The van der Waals surface area contributed by atoms with E-state index in [2.05, 4.69) is 67.8 Å². The third-order valence-electron chi connectivity index (χ3n) is 18.3. The summed E-state index contributed by atoms with van der Waals surface area (Å²) >= 11 is 0. The fourth-order valence-corrected chi connectivity index (χ4v) is 12.2. The van der Waals surface area contributed by atoms with Gasteiger partial charge in [0.2, 0.25) is 5.91 Å². The Morgan fingerprint density at radius 2 is 0.568 bits per heavy atom. The molecule has 88 heavy (non-hydrogen) atoms. The van der Waals surface area contributed by atoms with Gasteiger partial charge in [0, 0.05) is 12.8 Å². The first-order valence-electron chi connectivity index (χ1n) is 39.6. The number of hydrogen-bond acceptors (Lipinski definition) is 5. The van der Waals surface area contributed by atoms with Crippen LogP contribution in [0.3, 0.4) is 0 Å². The molecule has 2 unspecified atom stereocenters. The van der Waals surface area contributed by atoms with Crippen LogP contribution in [0.2, 0.25) is 0 Å². The van der Waals surface area contributed by atoms with Crippen molar-refractivity contribution < 1.29 is 24.5 Å². The Labute approximate surface area is 549 Å². The number of aliphatic hydroxyl groups excluding tert-OH is 2. The van der Waals surface area contributed by atoms with Gasteiger partial charge in [-0.05, 0) is 96.3 Å². The Balaban J connectivity index is 3.36. The van der Waals surface area contributed by atoms with Gasteiger partial charge in [-0.2, -0.15) is 0 Å². The number of hydrogen-bond donors (Lipinski definition) is 3. The summed E-state index contributed by atoms with van der Waals surface area (Å²) in [6.07, 6.45) is 103. The molecule has 0 bridgehead atoms. The monoisotopic (exact) mass is 1230 g/mol. The minimum atomic E-state index is -0.842. The zero-order chi connectivity index (χ0) is 63.5. The molecule has 0 aromatic rings. The van der Waals surface area contributed by atoms with Gasteiger partial charge in [0.05, 0.1) is 25.4 Å². The number of nitrogens with one attached hydrogen (secondary N) is 1. The highest BCUT2D eigenvalue weighted by atomic mass is 16.5. The summed E-state index contributed by atoms with van der Waals surface area (Å²) in [5.41, 5.74) is 0. The fourth-order valence-electron chi connectivity index (χ4n) is 12.2. The maximum Gasteiger partial charge on any atom is 0.305 e. The maximum absolute atomic E-state index is 12.5. The lowest BCUT2D eigenvalue weighted by molar-refractivity contribution is -0.143. The van der Waals surface area contributed by atoms with Gasteiger partial charge in [0.1, 0.15) is 0 Å². The Bertz CT molecular complexity index is 1520. The van der Waals surface area contributed by atoms with Gasteiger partial charge in [-0.15, -0.1) is 0 Å². The highest BCUT2D eigenvalue weighted by molar-refractivity contribution is 5.76. The predicted molar refractivity (Wildman–Crippen MR) is 389 cm³/mol. The van der Waals surface area contributed by atoms with Gasteiger partial charge in [-0.1, -0.05) is 376 Å². The lowest BCUT2D eigenvalue weighted by Gasteiger charge is -2.20. The van der Waals surface area contributed by atoms with E-state index in [9.17, 15) is 19.8 Å². The van der Waals surface area contributed by atoms with Crippen molar-refractivity contribution in [3.05, 3.63) is 60.8 Å². The molecule has 2 atom stereocenters. The van der Waals surface area contributed by atoms with Gasteiger partial charge >= 0.3 is 5.97 Å². The molecule has 6 heteroatoms. The average molecular weight is 1230 g/mol. The molecule has 1 amide bonds. The number of allylic oxidation sites excluding steroid dienone is 9. The lowest BCUT2D eigenvalue weighted by atomic mass is 10.0. The molecule has 516 valence electrons. The van der Waals surface area contributed by atoms with Crippen LogP contribution >= 0.6 is 0 Å². The van der Waals surface area contributed by atoms with Crippen LogP contribution in [0.25, 0.3) is 0 Å². The zero-order valence-electron chi connectivity index (χ0n) is 59.2. The van der Waals surface area contributed by atoms with Gasteiger partial charge in [0.15, 0.2) is 0 Å². The molecule has 0 aliphatic heterocycles. The second-order valence-electron chi connectivity index (χ2n) is 27.0. The van der Waals surface area contributed by atoms with E-state index < -0.39 is 12.1 Å². The second-order valence-corrected chi connectivity index (χ2v) is 27.0. The minimum absolute atomic E-state index is 0.0129. The molecule has 6 nitrogen and oxygen atoms in total. The molecule has 0 saturated carbocycles. The SMILES string of the molecule is CCCCCC/C=C\C/C=C\CCCCCCCCCC(=O)OCCCCCCCCCCCCCCCCC/C=C\C/C=C\CCCCCCCCCCCCCCCCCCCC(=O)NC(CO)C(O)/C=C/CCCCCCCCCCCCCC. The molecule has 0 fully saturated rings. The summed E-state index contributed by atoms with van der Waals surface area (Å²) in [5.74, 6) is -0.0503. The van der Waals surface area contributed by atoms with Crippen molar-refractivity contribution >= 4 is 11.9 Å². The molecular formula is C82H153NO5. The van der Waals surface area contributed by atoms with Gasteiger partial charge < -0.3 is 20.3 Å². The molecule has 0 rings (SSSR count). The Kier molecular flexibility index (Phi) is 74.9. The van der Waals surface area contributed by atoms with Crippen molar-refractivity contribution in [3.8, 4) is 0 Å². The van der Waals surface area contributed by atoms with Crippen molar-refractivity contribution in [2.24, 2.45) is 0 Å². The average Bonchev–Trinajstić information content (AvgIpc) is 3.58. The summed E-state index contributed by atoms with van der Waals surface area (Å²) in [4.78, 5) is 24.6. The summed E-state index contributed by atoms with van der Waals surface area (Å²) < 4.78 is 5.51. The van der Waals surface area contributed by atoms with Crippen molar-refractivity contribution in [3.63, 3.8) is 0 Å². The molecule has 0 aromatic heterocycles. The van der Waals surface area contributed by atoms with E-state index in [1.54, 1.807) is 6.08 Å². The van der Waals surface area contributed by atoms with Crippen molar-refractivity contribution in [1.82, 2.24) is 5.32 Å². The first kappa shape index (κ1) is 85.6. The summed E-state index contributed by atoms with van der Waals surface area (Å²) in [6.45, 7) is 4.91. The van der Waals surface area contributed by atoms with E-state index in [0.717, 1.165) is 57.8 Å². The number of aliphatic hydroxyl groups is 2. The topological polar surface area (TPSA) is 95.9 Å². The third kappa shape index (κ3) is 72.6. The molecule has 0 heterocycles. The van der Waals surface area contributed by atoms with Gasteiger partial charge in [0.25, 0.3) is 0 Å². The standard InChI is InChI=1S/C82H153NO5/c1-3-5-7-9-11-13-15-17-19-20-45-48-52-56-60-64-68-72-76-82(87)88-77-73-69-65-61-57-53-49-46-43-41-39-37-35-33-31-29-27-25-23-21-22-24-26-28-30-32-34-36-38-40-42-44-47-51-55-59-63-67-71-75-81(86)83-79(78-84)80(85)74-70-66-62-58-54-50-18-16-14-12-10-8-6-4-2/h13,15,19-22,25,27,70,74,79-80,84-85H,3-12,14,16-18,23-24,26,28-69,71-73,75-78H2,1-2H3,(H,83,86)/b15-13-,20-19-,22-21-,27-25-,74-70+. The highest BCUT2D eigenvalue weighted by Gasteiger charge is 2.18. The minimum Gasteiger partial charge on any atom is -0.466 e. The van der Waals surface area contributed by atoms with Crippen LogP contribution in [0.1, 0.15) is 425 Å². The van der Waals surface area contributed by atoms with Crippen LogP contribution in [-0.2, 0) is 14.3 Å². The molecule has 3 N–H and O–H groups in total. The summed E-state index contributed by atoms with van der Waals surface area (Å²) in [5, 5.41) is 23.2. The maximum atomic E-state index is 12.5. The van der Waals surface area contributed by atoms with E-state index in [1.165, 1.54) is 340 Å². The van der Waals surface area contributed by atoms with Crippen LogP contribution < -0.4 is 5.32 Å². The Hall–Kier alpha value is -2.44. The molecular weight excluding hydrogens is 1080 g/mol.